The molecule has 0 saturated heterocycles. The van der Waals surface area contributed by atoms with Crippen molar-refractivity contribution in [2.75, 3.05) is 20.7 Å². The molecule has 0 bridgehead atoms. The lowest BCUT2D eigenvalue weighted by molar-refractivity contribution is -0.146. The molecule has 1 atom stereocenters. The normalized spacial score (nSPS) is 12.0. The molecular formula is C12H12Cl2N2O2. The van der Waals surface area contributed by atoms with Gasteiger partial charge in [-0.1, -0.05) is 35.3 Å². The Hall–Kier alpha value is -1.28. The second-order valence-electron chi connectivity index (χ2n) is 3.64. The highest BCUT2D eigenvalue weighted by Gasteiger charge is 2.28. The van der Waals surface area contributed by atoms with E-state index in [9.17, 15) is 4.79 Å². The smallest absolute Gasteiger partial charge is 0.327 e. The average molecular weight is 287 g/mol. The van der Waals surface area contributed by atoms with Crippen LogP contribution in [0.3, 0.4) is 0 Å². The first-order chi connectivity index (χ1) is 8.52. The molecule has 0 aliphatic heterocycles. The number of benzene rings is 1. The van der Waals surface area contributed by atoms with Gasteiger partial charge in [-0.2, -0.15) is 5.26 Å². The number of rotatable bonds is 4. The van der Waals surface area contributed by atoms with Crippen LogP contribution in [0.2, 0.25) is 10.0 Å². The molecule has 0 aliphatic carbocycles. The van der Waals surface area contributed by atoms with Crippen molar-refractivity contribution < 1.29 is 9.53 Å². The summed E-state index contributed by atoms with van der Waals surface area (Å²) < 4.78 is 4.74. The molecule has 18 heavy (non-hydrogen) atoms. The van der Waals surface area contributed by atoms with Crippen molar-refractivity contribution in [2.45, 2.75) is 6.04 Å². The maximum Gasteiger partial charge on any atom is 0.327 e. The second-order valence-corrected chi connectivity index (χ2v) is 4.43. The maximum absolute atomic E-state index is 11.8. The van der Waals surface area contributed by atoms with Gasteiger partial charge in [-0.3, -0.25) is 4.90 Å². The summed E-state index contributed by atoms with van der Waals surface area (Å²) in [6, 6.07) is 6.23. The molecule has 0 spiro atoms. The van der Waals surface area contributed by atoms with Crippen LogP contribution in [-0.4, -0.2) is 31.6 Å². The first kappa shape index (κ1) is 14.8. The van der Waals surface area contributed by atoms with Gasteiger partial charge >= 0.3 is 5.97 Å². The third-order valence-electron chi connectivity index (χ3n) is 2.46. The van der Waals surface area contributed by atoms with E-state index in [2.05, 4.69) is 0 Å². The first-order valence-corrected chi connectivity index (χ1v) is 5.87. The van der Waals surface area contributed by atoms with Gasteiger partial charge in [0.05, 0.1) is 29.8 Å². The van der Waals surface area contributed by atoms with E-state index in [1.54, 1.807) is 30.1 Å². The minimum absolute atomic E-state index is 0.0720. The lowest BCUT2D eigenvalue weighted by Gasteiger charge is -2.24. The first-order valence-electron chi connectivity index (χ1n) is 5.11. The van der Waals surface area contributed by atoms with Crippen molar-refractivity contribution in [3.05, 3.63) is 33.8 Å². The number of esters is 1. The second kappa shape index (κ2) is 6.60. The zero-order chi connectivity index (χ0) is 13.7. The van der Waals surface area contributed by atoms with E-state index in [1.807, 2.05) is 6.07 Å². The molecule has 1 aromatic carbocycles. The largest absolute Gasteiger partial charge is 0.468 e. The van der Waals surface area contributed by atoms with Gasteiger partial charge in [-0.15, -0.1) is 0 Å². The van der Waals surface area contributed by atoms with Crippen LogP contribution in [0.25, 0.3) is 0 Å². The third kappa shape index (κ3) is 3.14. The maximum atomic E-state index is 11.8. The number of halogens is 2. The van der Waals surface area contributed by atoms with Crippen molar-refractivity contribution in [2.24, 2.45) is 0 Å². The molecule has 96 valence electrons. The van der Waals surface area contributed by atoms with Crippen molar-refractivity contribution in [3.63, 3.8) is 0 Å². The van der Waals surface area contributed by atoms with Crippen molar-refractivity contribution in [1.82, 2.24) is 4.90 Å². The number of carbonyl (C=O) groups excluding carboxylic acids is 1. The molecule has 0 fully saturated rings. The number of carbonyl (C=O) groups is 1. The number of nitriles is 1. The van der Waals surface area contributed by atoms with E-state index in [0.717, 1.165) is 0 Å². The van der Waals surface area contributed by atoms with Gasteiger partial charge in [0.15, 0.2) is 0 Å². The SMILES string of the molecule is COC(=O)C(c1cccc(Cl)c1Cl)N(C)CC#N. The summed E-state index contributed by atoms with van der Waals surface area (Å²) in [5.74, 6) is -0.489. The summed E-state index contributed by atoms with van der Waals surface area (Å²) in [5, 5.41) is 9.35. The predicted molar refractivity (Wildman–Crippen MR) is 69.5 cm³/mol. The lowest BCUT2D eigenvalue weighted by atomic mass is 10.1. The molecule has 1 unspecified atom stereocenters. The molecule has 0 saturated carbocycles. The summed E-state index contributed by atoms with van der Waals surface area (Å²) in [6.45, 7) is 0.0720. The molecule has 0 heterocycles. The molecule has 6 heteroatoms. The average Bonchev–Trinajstić information content (AvgIpc) is 2.35. The highest BCUT2D eigenvalue weighted by molar-refractivity contribution is 6.42. The Balaban J connectivity index is 3.22. The Morgan fingerprint density at radius 1 is 1.56 bits per heavy atom. The molecule has 0 aromatic heterocycles. The molecule has 1 aromatic rings. The van der Waals surface area contributed by atoms with Crippen molar-refractivity contribution >= 4 is 29.2 Å². The van der Waals surface area contributed by atoms with Gasteiger partial charge in [0.1, 0.15) is 6.04 Å². The summed E-state index contributed by atoms with van der Waals surface area (Å²) in [5.41, 5.74) is 0.522. The van der Waals surface area contributed by atoms with Gasteiger partial charge in [-0.05, 0) is 13.1 Å². The van der Waals surface area contributed by atoms with Gasteiger partial charge in [0.2, 0.25) is 0 Å². The number of nitrogens with zero attached hydrogens (tertiary/aromatic N) is 2. The Morgan fingerprint density at radius 2 is 2.22 bits per heavy atom. The van der Waals surface area contributed by atoms with E-state index in [-0.39, 0.29) is 6.54 Å². The Morgan fingerprint density at radius 3 is 2.78 bits per heavy atom. The van der Waals surface area contributed by atoms with Crippen LogP contribution in [0.4, 0.5) is 0 Å². The summed E-state index contributed by atoms with van der Waals surface area (Å²) in [4.78, 5) is 13.4. The van der Waals surface area contributed by atoms with Gasteiger partial charge < -0.3 is 4.74 Å². The van der Waals surface area contributed by atoms with E-state index in [0.29, 0.717) is 15.6 Å². The Labute approximate surface area is 116 Å². The minimum Gasteiger partial charge on any atom is -0.468 e. The quantitative estimate of drug-likeness (QED) is 0.631. The molecule has 1 rings (SSSR count). The van der Waals surface area contributed by atoms with Crippen molar-refractivity contribution in [1.29, 1.82) is 5.26 Å². The molecule has 4 nitrogen and oxygen atoms in total. The van der Waals surface area contributed by atoms with Gasteiger partial charge in [0, 0.05) is 5.56 Å². The summed E-state index contributed by atoms with van der Waals surface area (Å²) >= 11 is 12.0. The number of likely N-dealkylation sites (N-methyl/N-ethyl adjacent to an activating group) is 1. The van der Waals surface area contributed by atoms with E-state index in [4.69, 9.17) is 33.2 Å². The fraction of sp³-hybridized carbons (Fsp3) is 0.333. The monoisotopic (exact) mass is 286 g/mol. The lowest BCUT2D eigenvalue weighted by Crippen LogP contribution is -2.32. The zero-order valence-electron chi connectivity index (χ0n) is 9.98. The third-order valence-corrected chi connectivity index (χ3v) is 3.29. The Kier molecular flexibility index (Phi) is 5.42. The summed E-state index contributed by atoms with van der Waals surface area (Å²) in [6.07, 6.45) is 0. The van der Waals surface area contributed by atoms with E-state index < -0.39 is 12.0 Å². The van der Waals surface area contributed by atoms with Crippen molar-refractivity contribution in [3.8, 4) is 6.07 Å². The molecule has 0 N–H and O–H groups in total. The fourth-order valence-corrected chi connectivity index (χ4v) is 2.00. The molecule has 0 radical (unpaired) electrons. The predicted octanol–water partition coefficient (Wildman–Crippen LogP) is 2.66. The number of ether oxygens (including phenoxy) is 1. The standard InChI is InChI=1S/C12H12Cl2N2O2/c1-16(7-6-15)11(12(17)18-2)8-4-3-5-9(13)10(8)14/h3-5,11H,7H2,1-2H3. The van der Waals surface area contributed by atoms with Crippen LogP contribution >= 0.6 is 23.2 Å². The van der Waals surface area contributed by atoms with Crippen LogP contribution < -0.4 is 0 Å². The highest BCUT2D eigenvalue weighted by atomic mass is 35.5. The zero-order valence-corrected chi connectivity index (χ0v) is 11.5. The fourth-order valence-electron chi connectivity index (χ4n) is 1.59. The molecule has 0 amide bonds. The van der Waals surface area contributed by atoms with E-state index in [1.165, 1.54) is 7.11 Å². The summed E-state index contributed by atoms with van der Waals surface area (Å²) in [7, 11) is 2.93. The molecule has 0 aliphatic rings. The number of hydrogen-bond donors (Lipinski definition) is 0. The van der Waals surface area contributed by atoms with Crippen LogP contribution in [0.15, 0.2) is 18.2 Å². The number of methoxy groups -OCH3 is 1. The van der Waals surface area contributed by atoms with Gasteiger partial charge in [-0.25, -0.2) is 4.79 Å². The Bertz CT molecular complexity index is 485. The highest BCUT2D eigenvalue weighted by Crippen LogP contribution is 2.32. The minimum atomic E-state index is -0.749. The van der Waals surface area contributed by atoms with Crippen LogP contribution in [-0.2, 0) is 9.53 Å². The number of hydrogen-bond acceptors (Lipinski definition) is 4. The van der Waals surface area contributed by atoms with Crippen LogP contribution in [0.5, 0.6) is 0 Å². The van der Waals surface area contributed by atoms with Gasteiger partial charge in [0.25, 0.3) is 0 Å². The molecular weight excluding hydrogens is 275 g/mol. The van der Waals surface area contributed by atoms with Crippen LogP contribution in [0, 0.1) is 11.3 Å². The van der Waals surface area contributed by atoms with E-state index >= 15 is 0 Å². The topological polar surface area (TPSA) is 53.3 Å². The van der Waals surface area contributed by atoms with Crippen LogP contribution in [0.1, 0.15) is 11.6 Å².